The summed E-state index contributed by atoms with van der Waals surface area (Å²) in [7, 11) is 0. The molecule has 0 saturated carbocycles. The van der Waals surface area contributed by atoms with Crippen molar-refractivity contribution in [2.24, 2.45) is 0 Å². The summed E-state index contributed by atoms with van der Waals surface area (Å²) in [4.78, 5) is 25.2. The summed E-state index contributed by atoms with van der Waals surface area (Å²) in [5.74, 6) is -2.12. The molecule has 0 aromatic carbocycles. The first-order valence-electron chi connectivity index (χ1n) is 4.27. The fourth-order valence-corrected chi connectivity index (χ4v) is 0.941. The SMILES string of the molecule is O=C(O)c1cccc(C(=O)NCC(F)F)n1. The molecule has 0 aliphatic heterocycles. The predicted octanol–water partition coefficient (Wildman–Crippen LogP) is 0.775. The van der Waals surface area contributed by atoms with Crippen LogP contribution >= 0.6 is 0 Å². The molecule has 1 aromatic heterocycles. The highest BCUT2D eigenvalue weighted by atomic mass is 19.3. The zero-order valence-electron chi connectivity index (χ0n) is 7.98. The van der Waals surface area contributed by atoms with Crippen LogP contribution in [0, 0.1) is 0 Å². The summed E-state index contributed by atoms with van der Waals surface area (Å²) in [6, 6.07) is 3.76. The van der Waals surface area contributed by atoms with E-state index in [2.05, 4.69) is 4.98 Å². The lowest BCUT2D eigenvalue weighted by Gasteiger charge is -2.03. The van der Waals surface area contributed by atoms with Crippen LogP contribution in [-0.4, -0.2) is 34.9 Å². The number of nitrogens with zero attached hydrogens (tertiary/aromatic N) is 1. The van der Waals surface area contributed by atoms with Gasteiger partial charge in [0.05, 0.1) is 6.54 Å². The molecule has 1 rings (SSSR count). The number of pyridine rings is 1. The molecule has 5 nitrogen and oxygen atoms in total. The molecule has 86 valence electrons. The van der Waals surface area contributed by atoms with Gasteiger partial charge in [-0.1, -0.05) is 6.07 Å². The van der Waals surface area contributed by atoms with Crippen molar-refractivity contribution in [2.75, 3.05) is 6.54 Å². The lowest BCUT2D eigenvalue weighted by molar-refractivity contribution is 0.0690. The van der Waals surface area contributed by atoms with Crippen molar-refractivity contribution in [3.8, 4) is 0 Å². The lowest BCUT2D eigenvalue weighted by Crippen LogP contribution is -2.29. The fourth-order valence-electron chi connectivity index (χ4n) is 0.941. The molecule has 0 unspecified atom stereocenters. The van der Waals surface area contributed by atoms with Crippen LogP contribution in [0.15, 0.2) is 18.2 Å². The molecule has 7 heteroatoms. The number of nitrogens with one attached hydrogen (secondary N) is 1. The summed E-state index contributed by atoms with van der Waals surface area (Å²) in [6.45, 7) is -0.794. The smallest absolute Gasteiger partial charge is 0.354 e. The van der Waals surface area contributed by atoms with E-state index in [1.54, 1.807) is 0 Å². The first kappa shape index (κ1) is 12.0. The van der Waals surface area contributed by atoms with Crippen LogP contribution in [0.2, 0.25) is 0 Å². The van der Waals surface area contributed by atoms with E-state index in [0.29, 0.717) is 0 Å². The van der Waals surface area contributed by atoms with Gasteiger partial charge in [-0.2, -0.15) is 0 Å². The molecule has 0 radical (unpaired) electrons. The molecule has 0 aliphatic rings. The molecule has 0 fully saturated rings. The minimum Gasteiger partial charge on any atom is -0.477 e. The highest BCUT2D eigenvalue weighted by Crippen LogP contribution is 2.00. The van der Waals surface area contributed by atoms with Crippen LogP contribution in [0.3, 0.4) is 0 Å². The number of alkyl halides is 2. The third kappa shape index (κ3) is 3.26. The van der Waals surface area contributed by atoms with Gasteiger partial charge in [-0.05, 0) is 12.1 Å². The van der Waals surface area contributed by atoms with E-state index < -0.39 is 24.8 Å². The van der Waals surface area contributed by atoms with Crippen molar-refractivity contribution in [1.29, 1.82) is 0 Å². The molecule has 0 atom stereocenters. The van der Waals surface area contributed by atoms with Crippen LogP contribution in [0.5, 0.6) is 0 Å². The number of amides is 1. The normalized spacial score (nSPS) is 10.2. The van der Waals surface area contributed by atoms with Crippen LogP contribution < -0.4 is 5.32 Å². The molecule has 0 aliphatic carbocycles. The van der Waals surface area contributed by atoms with Gasteiger partial charge in [0.25, 0.3) is 12.3 Å². The van der Waals surface area contributed by atoms with Gasteiger partial charge >= 0.3 is 5.97 Å². The number of hydrogen-bond acceptors (Lipinski definition) is 3. The molecule has 1 heterocycles. The Hall–Kier alpha value is -2.05. The number of carbonyl (C=O) groups excluding carboxylic acids is 1. The van der Waals surface area contributed by atoms with E-state index in [9.17, 15) is 18.4 Å². The molecule has 1 amide bonds. The summed E-state index contributed by atoms with van der Waals surface area (Å²) >= 11 is 0. The Morgan fingerprint density at radius 1 is 1.38 bits per heavy atom. The number of rotatable bonds is 4. The minimum absolute atomic E-state index is 0.208. The third-order valence-corrected chi connectivity index (χ3v) is 1.62. The van der Waals surface area contributed by atoms with Gasteiger partial charge in [-0.3, -0.25) is 4.79 Å². The van der Waals surface area contributed by atoms with Gasteiger partial charge in [0.2, 0.25) is 0 Å². The van der Waals surface area contributed by atoms with Crippen LogP contribution in [0.4, 0.5) is 8.78 Å². The Balaban J connectivity index is 2.76. The van der Waals surface area contributed by atoms with Gasteiger partial charge in [0.1, 0.15) is 11.4 Å². The quantitative estimate of drug-likeness (QED) is 0.800. The summed E-state index contributed by atoms with van der Waals surface area (Å²) in [6.07, 6.45) is -2.66. The van der Waals surface area contributed by atoms with E-state index in [-0.39, 0.29) is 11.4 Å². The molecular weight excluding hydrogens is 222 g/mol. The van der Waals surface area contributed by atoms with Gasteiger partial charge in [-0.15, -0.1) is 0 Å². The van der Waals surface area contributed by atoms with Gasteiger partial charge in [0, 0.05) is 0 Å². The summed E-state index contributed by atoms with van der Waals surface area (Å²) in [5.41, 5.74) is -0.523. The van der Waals surface area contributed by atoms with E-state index in [0.717, 1.165) is 0 Å². The third-order valence-electron chi connectivity index (χ3n) is 1.62. The Morgan fingerprint density at radius 2 is 2.00 bits per heavy atom. The van der Waals surface area contributed by atoms with Crippen molar-refractivity contribution < 1.29 is 23.5 Å². The van der Waals surface area contributed by atoms with Crippen molar-refractivity contribution in [2.45, 2.75) is 6.43 Å². The average molecular weight is 230 g/mol. The lowest BCUT2D eigenvalue weighted by atomic mass is 10.3. The van der Waals surface area contributed by atoms with E-state index in [1.807, 2.05) is 5.32 Å². The average Bonchev–Trinajstić information content (AvgIpc) is 2.26. The molecule has 2 N–H and O–H groups in total. The fraction of sp³-hybridized carbons (Fsp3) is 0.222. The molecule has 1 aromatic rings. The number of halogens is 2. The number of carboxylic acids is 1. The van der Waals surface area contributed by atoms with Crippen molar-refractivity contribution in [1.82, 2.24) is 10.3 Å². The maximum absolute atomic E-state index is 11.8. The molecular formula is C9H8F2N2O3. The number of aromatic nitrogens is 1. The van der Waals surface area contributed by atoms with E-state index in [1.165, 1.54) is 18.2 Å². The van der Waals surface area contributed by atoms with Crippen molar-refractivity contribution in [3.63, 3.8) is 0 Å². The molecule has 0 saturated heterocycles. The molecule has 16 heavy (non-hydrogen) atoms. The van der Waals surface area contributed by atoms with Crippen molar-refractivity contribution in [3.05, 3.63) is 29.6 Å². The Morgan fingerprint density at radius 3 is 2.56 bits per heavy atom. The second kappa shape index (κ2) is 5.15. The predicted molar refractivity (Wildman–Crippen MR) is 49.5 cm³/mol. The summed E-state index contributed by atoms with van der Waals surface area (Å²) in [5, 5.41) is 10.5. The Labute approximate surface area is 89.1 Å². The topological polar surface area (TPSA) is 79.3 Å². The molecule has 0 spiro atoms. The molecule has 0 bridgehead atoms. The monoisotopic (exact) mass is 230 g/mol. The van der Waals surface area contributed by atoms with E-state index >= 15 is 0 Å². The van der Waals surface area contributed by atoms with Crippen LogP contribution in [-0.2, 0) is 0 Å². The zero-order valence-corrected chi connectivity index (χ0v) is 7.98. The van der Waals surface area contributed by atoms with Crippen LogP contribution in [0.1, 0.15) is 21.0 Å². The van der Waals surface area contributed by atoms with E-state index in [4.69, 9.17) is 5.11 Å². The first-order valence-corrected chi connectivity index (χ1v) is 4.27. The standard InChI is InChI=1S/C9H8F2N2O3/c10-7(11)4-12-8(14)5-2-1-3-6(13-5)9(15)16/h1-3,7H,4H2,(H,12,14)(H,15,16). The minimum atomic E-state index is -2.66. The van der Waals surface area contributed by atoms with Crippen molar-refractivity contribution >= 4 is 11.9 Å². The highest BCUT2D eigenvalue weighted by molar-refractivity contribution is 5.94. The second-order valence-electron chi connectivity index (χ2n) is 2.81. The number of carbonyl (C=O) groups is 2. The van der Waals surface area contributed by atoms with Crippen LogP contribution in [0.25, 0.3) is 0 Å². The first-order chi connectivity index (χ1) is 7.50. The number of aromatic carboxylic acids is 1. The number of carboxylic acid groups (broad SMARTS) is 1. The Bertz CT molecular complexity index is 409. The summed E-state index contributed by atoms with van der Waals surface area (Å²) < 4.78 is 23.6. The second-order valence-corrected chi connectivity index (χ2v) is 2.81. The van der Waals surface area contributed by atoms with Gasteiger partial charge in [0.15, 0.2) is 0 Å². The maximum atomic E-state index is 11.8. The zero-order chi connectivity index (χ0) is 12.1. The Kier molecular flexibility index (Phi) is 3.87. The largest absolute Gasteiger partial charge is 0.477 e. The van der Waals surface area contributed by atoms with Gasteiger partial charge in [-0.25, -0.2) is 18.6 Å². The highest BCUT2D eigenvalue weighted by Gasteiger charge is 2.12. The van der Waals surface area contributed by atoms with Gasteiger partial charge < -0.3 is 10.4 Å². The maximum Gasteiger partial charge on any atom is 0.354 e. The number of hydrogen-bond donors (Lipinski definition) is 2.